The van der Waals surface area contributed by atoms with Gasteiger partial charge in [-0.05, 0) is 19.0 Å². The second-order valence-electron chi connectivity index (χ2n) is 3.35. The fraction of sp³-hybridized carbons (Fsp3) is 0.667. The van der Waals surface area contributed by atoms with Gasteiger partial charge in [0.1, 0.15) is 0 Å². The molecule has 0 N–H and O–H groups in total. The predicted molar refractivity (Wildman–Crippen MR) is 49.3 cm³/mol. The number of hydrogen-bond acceptors (Lipinski definition) is 5. The van der Waals surface area contributed by atoms with E-state index in [9.17, 15) is 13.6 Å². The standard InChI is InChI=1S/C9H12F2N2O3/c1-4-15-8(14)6-12-7(16-13-6)5(2)9(3,10)11/h5H,4H2,1-3H3. The van der Waals surface area contributed by atoms with Gasteiger partial charge in [0.25, 0.3) is 11.7 Å². The summed E-state index contributed by atoms with van der Waals surface area (Å²) in [5, 5.41) is 3.28. The molecule has 1 rings (SSSR count). The van der Waals surface area contributed by atoms with Crippen molar-refractivity contribution in [3.8, 4) is 0 Å². The summed E-state index contributed by atoms with van der Waals surface area (Å²) in [6, 6.07) is 0. The molecule has 90 valence electrons. The zero-order chi connectivity index (χ0) is 12.3. The van der Waals surface area contributed by atoms with E-state index in [-0.39, 0.29) is 18.3 Å². The van der Waals surface area contributed by atoms with E-state index in [1.165, 1.54) is 6.92 Å². The monoisotopic (exact) mass is 234 g/mol. The van der Waals surface area contributed by atoms with Gasteiger partial charge in [-0.15, -0.1) is 0 Å². The number of esters is 1. The number of rotatable bonds is 4. The van der Waals surface area contributed by atoms with Crippen LogP contribution in [0.4, 0.5) is 8.78 Å². The normalized spacial score (nSPS) is 13.6. The molecule has 0 aliphatic heterocycles. The van der Waals surface area contributed by atoms with E-state index >= 15 is 0 Å². The highest BCUT2D eigenvalue weighted by Gasteiger charge is 2.36. The SMILES string of the molecule is CCOC(=O)c1noc(C(C)C(C)(F)F)n1. The Hall–Kier alpha value is -1.53. The van der Waals surface area contributed by atoms with Crippen molar-refractivity contribution in [2.75, 3.05) is 6.61 Å². The van der Waals surface area contributed by atoms with Crippen molar-refractivity contribution in [1.29, 1.82) is 0 Å². The number of carbonyl (C=O) groups excluding carboxylic acids is 1. The molecule has 1 atom stereocenters. The van der Waals surface area contributed by atoms with Crippen LogP contribution in [0.2, 0.25) is 0 Å². The lowest BCUT2D eigenvalue weighted by Gasteiger charge is -2.14. The summed E-state index contributed by atoms with van der Waals surface area (Å²) in [5.74, 6) is -5.64. The molecule has 7 heteroatoms. The van der Waals surface area contributed by atoms with Crippen LogP contribution >= 0.6 is 0 Å². The molecule has 0 fully saturated rings. The molecule has 0 saturated heterocycles. The van der Waals surface area contributed by atoms with E-state index in [4.69, 9.17) is 0 Å². The van der Waals surface area contributed by atoms with Gasteiger partial charge < -0.3 is 9.26 Å². The topological polar surface area (TPSA) is 65.2 Å². The summed E-state index contributed by atoms with van der Waals surface area (Å²) in [4.78, 5) is 14.7. The minimum atomic E-state index is -2.99. The first kappa shape index (κ1) is 12.5. The Balaban J connectivity index is 2.83. The van der Waals surface area contributed by atoms with Crippen LogP contribution in [-0.2, 0) is 4.74 Å². The van der Waals surface area contributed by atoms with Crippen LogP contribution in [0.15, 0.2) is 4.52 Å². The van der Waals surface area contributed by atoms with Crippen molar-refractivity contribution in [2.45, 2.75) is 32.6 Å². The maximum absolute atomic E-state index is 12.9. The Bertz CT molecular complexity index is 373. The van der Waals surface area contributed by atoms with Crippen molar-refractivity contribution >= 4 is 5.97 Å². The van der Waals surface area contributed by atoms with Gasteiger partial charge in [-0.2, -0.15) is 4.98 Å². The van der Waals surface area contributed by atoms with Crippen LogP contribution in [0.5, 0.6) is 0 Å². The number of carbonyl (C=O) groups is 1. The van der Waals surface area contributed by atoms with E-state index < -0.39 is 17.8 Å². The van der Waals surface area contributed by atoms with Crippen LogP contribution in [0.1, 0.15) is 43.2 Å². The van der Waals surface area contributed by atoms with Gasteiger partial charge in [-0.25, -0.2) is 13.6 Å². The lowest BCUT2D eigenvalue weighted by molar-refractivity contribution is -0.0115. The lowest BCUT2D eigenvalue weighted by atomic mass is 10.1. The first-order valence-electron chi connectivity index (χ1n) is 4.74. The van der Waals surface area contributed by atoms with Gasteiger partial charge >= 0.3 is 5.97 Å². The minimum absolute atomic E-state index is 0.155. The van der Waals surface area contributed by atoms with Crippen molar-refractivity contribution in [3.63, 3.8) is 0 Å². The van der Waals surface area contributed by atoms with Gasteiger partial charge in [-0.1, -0.05) is 0 Å². The first-order valence-corrected chi connectivity index (χ1v) is 4.74. The van der Waals surface area contributed by atoms with Crippen molar-refractivity contribution in [2.24, 2.45) is 0 Å². The summed E-state index contributed by atoms with van der Waals surface area (Å²) in [6.07, 6.45) is 0. The van der Waals surface area contributed by atoms with Gasteiger partial charge in [0.2, 0.25) is 5.89 Å². The Kier molecular flexibility index (Phi) is 3.56. The van der Waals surface area contributed by atoms with Gasteiger partial charge in [-0.3, -0.25) is 0 Å². The maximum Gasteiger partial charge on any atom is 0.379 e. The number of ether oxygens (including phenoxy) is 1. The molecule has 5 nitrogen and oxygen atoms in total. The Labute approximate surface area is 90.8 Å². The molecule has 1 heterocycles. The summed E-state index contributed by atoms with van der Waals surface area (Å²) in [5.41, 5.74) is 0. The number of nitrogens with zero attached hydrogens (tertiary/aromatic N) is 2. The van der Waals surface area contributed by atoms with E-state index in [0.29, 0.717) is 0 Å². The highest BCUT2D eigenvalue weighted by atomic mass is 19.3. The third-order valence-corrected chi connectivity index (χ3v) is 2.03. The van der Waals surface area contributed by atoms with E-state index in [2.05, 4.69) is 19.4 Å². The highest BCUT2D eigenvalue weighted by molar-refractivity contribution is 5.84. The Morgan fingerprint density at radius 2 is 2.25 bits per heavy atom. The zero-order valence-corrected chi connectivity index (χ0v) is 9.16. The Morgan fingerprint density at radius 3 is 2.75 bits per heavy atom. The molecule has 1 aromatic rings. The molecule has 0 saturated carbocycles. The fourth-order valence-electron chi connectivity index (χ4n) is 0.906. The third-order valence-electron chi connectivity index (χ3n) is 2.03. The Morgan fingerprint density at radius 1 is 1.62 bits per heavy atom. The molecule has 0 bridgehead atoms. The molecule has 16 heavy (non-hydrogen) atoms. The number of halogens is 2. The average Bonchev–Trinajstić information content (AvgIpc) is 2.64. The second kappa shape index (κ2) is 4.54. The van der Waals surface area contributed by atoms with Crippen LogP contribution in [0.3, 0.4) is 0 Å². The third kappa shape index (κ3) is 2.74. The first-order chi connectivity index (χ1) is 7.36. The van der Waals surface area contributed by atoms with E-state index in [1.807, 2.05) is 0 Å². The van der Waals surface area contributed by atoms with E-state index in [1.54, 1.807) is 6.92 Å². The second-order valence-corrected chi connectivity index (χ2v) is 3.35. The summed E-state index contributed by atoms with van der Waals surface area (Å²) in [6.45, 7) is 3.75. The number of aromatic nitrogens is 2. The zero-order valence-electron chi connectivity index (χ0n) is 9.16. The molecular weight excluding hydrogens is 222 g/mol. The van der Waals surface area contributed by atoms with Gasteiger partial charge in [0, 0.05) is 6.92 Å². The fourth-order valence-corrected chi connectivity index (χ4v) is 0.906. The van der Waals surface area contributed by atoms with Gasteiger partial charge in [0.15, 0.2) is 0 Å². The summed E-state index contributed by atoms with van der Waals surface area (Å²) in [7, 11) is 0. The molecule has 0 aromatic carbocycles. The van der Waals surface area contributed by atoms with Crippen LogP contribution in [0, 0.1) is 0 Å². The molecule has 1 unspecified atom stereocenters. The van der Waals surface area contributed by atoms with Crippen LogP contribution in [0.25, 0.3) is 0 Å². The molecule has 0 amide bonds. The van der Waals surface area contributed by atoms with Crippen molar-refractivity contribution in [3.05, 3.63) is 11.7 Å². The quantitative estimate of drug-likeness (QED) is 0.745. The molecule has 1 aromatic heterocycles. The van der Waals surface area contributed by atoms with Crippen LogP contribution in [-0.4, -0.2) is 28.6 Å². The van der Waals surface area contributed by atoms with Crippen molar-refractivity contribution in [1.82, 2.24) is 10.1 Å². The molecule has 0 aliphatic rings. The number of hydrogen-bond donors (Lipinski definition) is 0. The molecular formula is C9H12F2N2O3. The predicted octanol–water partition coefficient (Wildman–Crippen LogP) is 2.00. The molecule has 0 spiro atoms. The molecule has 0 aliphatic carbocycles. The largest absolute Gasteiger partial charge is 0.460 e. The van der Waals surface area contributed by atoms with Crippen molar-refractivity contribution < 1.29 is 22.8 Å². The molecule has 0 radical (unpaired) electrons. The number of alkyl halides is 2. The minimum Gasteiger partial charge on any atom is -0.460 e. The smallest absolute Gasteiger partial charge is 0.379 e. The lowest BCUT2D eigenvalue weighted by Crippen LogP contribution is -2.20. The maximum atomic E-state index is 12.9. The van der Waals surface area contributed by atoms with Gasteiger partial charge in [0.05, 0.1) is 12.5 Å². The summed E-state index contributed by atoms with van der Waals surface area (Å²) < 4.78 is 35.0. The van der Waals surface area contributed by atoms with E-state index in [0.717, 1.165) is 6.92 Å². The summed E-state index contributed by atoms with van der Waals surface area (Å²) >= 11 is 0. The van der Waals surface area contributed by atoms with Crippen LogP contribution < -0.4 is 0 Å². The average molecular weight is 234 g/mol. The highest BCUT2D eigenvalue weighted by Crippen LogP contribution is 2.31.